The van der Waals surface area contributed by atoms with E-state index in [4.69, 9.17) is 0 Å². The molecule has 3 aromatic rings. The molecule has 0 spiro atoms. The van der Waals surface area contributed by atoms with E-state index in [1.54, 1.807) is 0 Å². The fourth-order valence-electron chi connectivity index (χ4n) is 3.19. The lowest BCUT2D eigenvalue weighted by Gasteiger charge is -2.34. The van der Waals surface area contributed by atoms with Crippen LogP contribution in [0.1, 0.15) is 12.5 Å². The molecule has 3 heterocycles. The Kier molecular flexibility index (Phi) is 4.51. The third-order valence-electron chi connectivity index (χ3n) is 4.80. The Bertz CT molecular complexity index is 1100. The number of aromatic nitrogens is 3. The van der Waals surface area contributed by atoms with E-state index >= 15 is 0 Å². The zero-order valence-corrected chi connectivity index (χ0v) is 15.2. The number of amides is 1. The summed E-state index contributed by atoms with van der Waals surface area (Å²) in [5.41, 5.74) is -0.135. The predicted octanol–water partition coefficient (Wildman–Crippen LogP) is 3.67. The van der Waals surface area contributed by atoms with E-state index in [9.17, 15) is 26.7 Å². The highest BCUT2D eigenvalue weighted by Crippen LogP contribution is 2.33. The molecule has 0 unspecified atom stereocenters. The summed E-state index contributed by atoms with van der Waals surface area (Å²) in [7, 11) is 0. The van der Waals surface area contributed by atoms with Crippen molar-refractivity contribution in [3.63, 3.8) is 0 Å². The van der Waals surface area contributed by atoms with Crippen molar-refractivity contribution < 1.29 is 26.7 Å². The first-order valence-electron chi connectivity index (χ1n) is 8.75. The van der Waals surface area contributed by atoms with Gasteiger partial charge in [0, 0.05) is 18.7 Å². The first-order chi connectivity index (χ1) is 13.6. The number of benzene rings is 1. The number of carbonyl (C=O) groups excluding carboxylic acids is 1. The number of hydrogen-bond acceptors (Lipinski definition) is 3. The Morgan fingerprint density at radius 2 is 1.93 bits per heavy atom. The predicted molar refractivity (Wildman–Crippen MR) is 93.9 cm³/mol. The lowest BCUT2D eigenvalue weighted by atomic mass is 10.0. The third kappa shape index (κ3) is 3.54. The number of rotatable bonds is 4. The first kappa shape index (κ1) is 19.3. The van der Waals surface area contributed by atoms with Crippen molar-refractivity contribution in [1.29, 1.82) is 0 Å². The standard InChI is InChI=1S/C19H15F5N4O/c1-19(23,24)13-4-10(2-3-14(13)21)11-5-15-17(25-6-11)18(22)26-28(15)9-16(29)27-7-12(20)8-27/h2-6,12H,7-9H2,1H3. The summed E-state index contributed by atoms with van der Waals surface area (Å²) in [5, 5.41) is 3.66. The number of likely N-dealkylation sites (tertiary alicyclic amines) is 1. The van der Waals surface area contributed by atoms with Crippen LogP contribution in [-0.4, -0.2) is 44.8 Å². The molecule has 0 N–H and O–H groups in total. The smallest absolute Gasteiger partial charge is 0.273 e. The molecule has 2 aromatic heterocycles. The van der Waals surface area contributed by atoms with Gasteiger partial charge in [-0.15, -0.1) is 5.10 Å². The fraction of sp³-hybridized carbons (Fsp3) is 0.316. The fourth-order valence-corrected chi connectivity index (χ4v) is 3.19. The molecule has 0 saturated carbocycles. The van der Waals surface area contributed by atoms with Crippen LogP contribution in [0, 0.1) is 11.8 Å². The molecule has 4 rings (SSSR count). The minimum atomic E-state index is -3.39. The van der Waals surface area contributed by atoms with Crippen LogP contribution in [-0.2, 0) is 17.3 Å². The highest BCUT2D eigenvalue weighted by Gasteiger charge is 2.31. The van der Waals surface area contributed by atoms with Gasteiger partial charge in [0.15, 0.2) is 0 Å². The van der Waals surface area contributed by atoms with E-state index in [0.717, 1.165) is 16.8 Å². The van der Waals surface area contributed by atoms with E-state index in [1.807, 2.05) is 0 Å². The van der Waals surface area contributed by atoms with Gasteiger partial charge in [-0.25, -0.2) is 22.5 Å². The van der Waals surface area contributed by atoms with Crippen molar-refractivity contribution in [2.45, 2.75) is 25.6 Å². The van der Waals surface area contributed by atoms with Gasteiger partial charge < -0.3 is 4.90 Å². The molecule has 152 valence electrons. The number of carbonyl (C=O) groups is 1. The number of nitrogens with zero attached hydrogens (tertiary/aromatic N) is 4. The molecule has 29 heavy (non-hydrogen) atoms. The number of fused-ring (bicyclic) bond motifs is 1. The van der Waals surface area contributed by atoms with Gasteiger partial charge in [-0.1, -0.05) is 6.07 Å². The maximum atomic E-state index is 14.1. The molecular formula is C19H15F5N4O. The Morgan fingerprint density at radius 3 is 2.59 bits per heavy atom. The zero-order valence-electron chi connectivity index (χ0n) is 15.2. The van der Waals surface area contributed by atoms with Crippen LogP contribution in [0.15, 0.2) is 30.5 Å². The SMILES string of the molecule is CC(F)(F)c1cc(-c2cnc3c(F)nn(CC(=O)N4CC(F)C4)c3c2)ccc1F. The van der Waals surface area contributed by atoms with Gasteiger partial charge in [0.2, 0.25) is 5.91 Å². The quantitative estimate of drug-likeness (QED) is 0.617. The average Bonchev–Trinajstić information content (AvgIpc) is 2.93. The van der Waals surface area contributed by atoms with Gasteiger partial charge >= 0.3 is 0 Å². The highest BCUT2D eigenvalue weighted by atomic mass is 19.3. The molecule has 1 amide bonds. The third-order valence-corrected chi connectivity index (χ3v) is 4.80. The van der Waals surface area contributed by atoms with Gasteiger partial charge in [0.1, 0.15) is 24.1 Å². The normalized spacial score (nSPS) is 15.0. The number of alkyl halides is 3. The highest BCUT2D eigenvalue weighted by molar-refractivity contribution is 5.83. The minimum Gasteiger partial charge on any atom is -0.335 e. The topological polar surface area (TPSA) is 51.0 Å². The molecule has 1 aliphatic rings. The Hall–Kier alpha value is -3.04. The molecular weight excluding hydrogens is 395 g/mol. The molecule has 0 atom stereocenters. The van der Waals surface area contributed by atoms with Crippen LogP contribution in [0.4, 0.5) is 22.0 Å². The lowest BCUT2D eigenvalue weighted by molar-refractivity contribution is -0.139. The second kappa shape index (κ2) is 6.78. The molecule has 0 radical (unpaired) electrons. The van der Waals surface area contributed by atoms with Gasteiger partial charge in [-0.3, -0.25) is 9.48 Å². The van der Waals surface area contributed by atoms with Crippen molar-refractivity contribution in [3.8, 4) is 11.1 Å². The van der Waals surface area contributed by atoms with E-state index in [0.29, 0.717) is 12.5 Å². The number of pyridine rings is 1. The Labute approximate surface area is 161 Å². The second-order valence-corrected chi connectivity index (χ2v) is 7.02. The van der Waals surface area contributed by atoms with Gasteiger partial charge in [-0.05, 0) is 23.8 Å². The summed E-state index contributed by atoms with van der Waals surface area (Å²) in [6.45, 7) is 0.228. The lowest BCUT2D eigenvalue weighted by Crippen LogP contribution is -2.52. The van der Waals surface area contributed by atoms with Crippen molar-refractivity contribution >= 4 is 16.9 Å². The van der Waals surface area contributed by atoms with Crippen LogP contribution in [0.3, 0.4) is 0 Å². The summed E-state index contributed by atoms with van der Waals surface area (Å²) >= 11 is 0. The largest absolute Gasteiger partial charge is 0.335 e. The average molecular weight is 410 g/mol. The molecule has 5 nitrogen and oxygen atoms in total. The van der Waals surface area contributed by atoms with Gasteiger partial charge in [0.05, 0.1) is 24.2 Å². The van der Waals surface area contributed by atoms with Crippen molar-refractivity contribution in [1.82, 2.24) is 19.7 Å². The van der Waals surface area contributed by atoms with E-state index in [-0.39, 0.29) is 36.2 Å². The van der Waals surface area contributed by atoms with E-state index in [1.165, 1.54) is 23.2 Å². The number of hydrogen-bond donors (Lipinski definition) is 0. The molecule has 1 aromatic carbocycles. The maximum Gasteiger partial charge on any atom is 0.273 e. The molecule has 10 heteroatoms. The van der Waals surface area contributed by atoms with Crippen molar-refractivity contribution in [2.75, 3.05) is 13.1 Å². The van der Waals surface area contributed by atoms with E-state index in [2.05, 4.69) is 10.1 Å². The summed E-state index contributed by atoms with van der Waals surface area (Å²) in [5.74, 6) is -5.75. The summed E-state index contributed by atoms with van der Waals surface area (Å²) in [6, 6.07) is 4.66. The molecule has 1 fully saturated rings. The summed E-state index contributed by atoms with van der Waals surface area (Å²) in [4.78, 5) is 17.4. The molecule has 0 bridgehead atoms. The minimum absolute atomic E-state index is 0.0202. The Morgan fingerprint density at radius 1 is 1.21 bits per heavy atom. The van der Waals surface area contributed by atoms with Gasteiger partial charge in [-0.2, -0.15) is 4.39 Å². The van der Waals surface area contributed by atoms with Crippen molar-refractivity contribution in [2.24, 2.45) is 0 Å². The molecule has 1 saturated heterocycles. The monoisotopic (exact) mass is 410 g/mol. The maximum absolute atomic E-state index is 14.1. The Balaban J connectivity index is 1.71. The van der Waals surface area contributed by atoms with Crippen LogP contribution in [0.25, 0.3) is 22.2 Å². The second-order valence-electron chi connectivity index (χ2n) is 7.02. The summed E-state index contributed by atoms with van der Waals surface area (Å²) in [6.07, 6.45) is 0.190. The molecule has 1 aliphatic heterocycles. The first-order valence-corrected chi connectivity index (χ1v) is 8.75. The van der Waals surface area contributed by atoms with Crippen LogP contribution in [0.5, 0.6) is 0 Å². The van der Waals surface area contributed by atoms with Crippen LogP contribution < -0.4 is 0 Å². The van der Waals surface area contributed by atoms with Crippen LogP contribution in [0.2, 0.25) is 0 Å². The number of halogens is 5. The molecule has 0 aliphatic carbocycles. The van der Waals surface area contributed by atoms with Gasteiger partial charge in [0.25, 0.3) is 11.9 Å². The van der Waals surface area contributed by atoms with Crippen molar-refractivity contribution in [3.05, 3.63) is 47.8 Å². The van der Waals surface area contributed by atoms with Crippen LogP contribution >= 0.6 is 0 Å². The summed E-state index contributed by atoms with van der Waals surface area (Å²) < 4.78 is 69.1. The zero-order chi connectivity index (χ0) is 20.9. The van der Waals surface area contributed by atoms with E-state index < -0.39 is 35.3 Å².